The number of aromatic hydroxyl groups is 1. The average molecular weight is 285 g/mol. The van der Waals surface area contributed by atoms with E-state index in [1.54, 1.807) is 18.2 Å². The van der Waals surface area contributed by atoms with Gasteiger partial charge < -0.3 is 15.2 Å². The van der Waals surface area contributed by atoms with Crippen LogP contribution in [0.5, 0.6) is 11.5 Å². The van der Waals surface area contributed by atoms with Crippen LogP contribution in [0.3, 0.4) is 0 Å². The lowest BCUT2D eigenvalue weighted by atomic mass is 10.0. The first-order chi connectivity index (χ1) is 8.85. The standard InChI is InChI=1S/C13H19NO4S/c1-13(6-7-19(16,17)9-13)14-8-10-4-3-5-11(18-2)12(10)15/h3-5,14-15H,6-9H2,1-2H3. The third-order valence-electron chi connectivity index (χ3n) is 3.51. The number of nitrogens with one attached hydrogen (secondary N) is 1. The quantitative estimate of drug-likeness (QED) is 0.865. The van der Waals surface area contributed by atoms with Crippen molar-refractivity contribution in [2.45, 2.75) is 25.4 Å². The Kier molecular flexibility index (Phi) is 3.73. The molecular weight excluding hydrogens is 266 g/mol. The number of rotatable bonds is 4. The van der Waals surface area contributed by atoms with Gasteiger partial charge in [0.1, 0.15) is 0 Å². The van der Waals surface area contributed by atoms with Gasteiger partial charge in [-0.25, -0.2) is 8.42 Å². The predicted octanol–water partition coefficient (Wildman–Crippen LogP) is 1.07. The fraction of sp³-hybridized carbons (Fsp3) is 0.538. The smallest absolute Gasteiger partial charge is 0.162 e. The van der Waals surface area contributed by atoms with Crippen molar-refractivity contribution < 1.29 is 18.3 Å². The zero-order valence-electron chi connectivity index (χ0n) is 11.1. The molecule has 1 unspecified atom stereocenters. The average Bonchev–Trinajstić information content (AvgIpc) is 2.63. The Hall–Kier alpha value is -1.27. The van der Waals surface area contributed by atoms with Gasteiger partial charge in [0.05, 0.1) is 18.6 Å². The highest BCUT2D eigenvalue weighted by atomic mass is 32.2. The second-order valence-electron chi connectivity index (χ2n) is 5.22. The molecule has 0 aromatic heterocycles. The van der Waals surface area contributed by atoms with Crippen LogP contribution < -0.4 is 10.1 Å². The van der Waals surface area contributed by atoms with E-state index < -0.39 is 15.4 Å². The van der Waals surface area contributed by atoms with Gasteiger partial charge in [0.25, 0.3) is 0 Å². The minimum absolute atomic E-state index is 0.0990. The molecule has 2 N–H and O–H groups in total. The van der Waals surface area contributed by atoms with Crippen LogP contribution in [0.15, 0.2) is 18.2 Å². The van der Waals surface area contributed by atoms with Gasteiger partial charge in [-0.15, -0.1) is 0 Å². The molecule has 2 rings (SSSR count). The lowest BCUT2D eigenvalue weighted by Gasteiger charge is -2.24. The Labute approximate surface area is 113 Å². The van der Waals surface area contributed by atoms with E-state index in [9.17, 15) is 13.5 Å². The van der Waals surface area contributed by atoms with Crippen molar-refractivity contribution in [3.05, 3.63) is 23.8 Å². The van der Waals surface area contributed by atoms with Crippen molar-refractivity contribution in [2.75, 3.05) is 18.6 Å². The molecule has 6 heteroatoms. The Morgan fingerprint density at radius 3 is 2.79 bits per heavy atom. The maximum Gasteiger partial charge on any atom is 0.162 e. The summed E-state index contributed by atoms with van der Waals surface area (Å²) < 4.78 is 28.1. The molecule has 1 atom stereocenters. The van der Waals surface area contributed by atoms with Crippen molar-refractivity contribution in [1.82, 2.24) is 5.32 Å². The Balaban J connectivity index is 2.08. The largest absolute Gasteiger partial charge is 0.504 e. The first kappa shape index (κ1) is 14.1. The molecule has 0 bridgehead atoms. The molecule has 1 aliphatic heterocycles. The van der Waals surface area contributed by atoms with E-state index in [-0.39, 0.29) is 17.3 Å². The van der Waals surface area contributed by atoms with Crippen molar-refractivity contribution in [2.24, 2.45) is 0 Å². The molecular formula is C13H19NO4S. The van der Waals surface area contributed by atoms with E-state index in [1.807, 2.05) is 6.92 Å². The summed E-state index contributed by atoms with van der Waals surface area (Å²) in [7, 11) is -1.43. The Morgan fingerprint density at radius 1 is 1.47 bits per heavy atom. The number of para-hydroxylation sites is 1. The van der Waals surface area contributed by atoms with Crippen LogP contribution in [0.1, 0.15) is 18.9 Å². The summed E-state index contributed by atoms with van der Waals surface area (Å²) in [6.07, 6.45) is 0.597. The van der Waals surface area contributed by atoms with E-state index >= 15 is 0 Å². The van der Waals surface area contributed by atoms with Crippen LogP contribution in [0, 0.1) is 0 Å². The zero-order chi connectivity index (χ0) is 14.1. The van der Waals surface area contributed by atoms with E-state index in [4.69, 9.17) is 4.74 Å². The summed E-state index contributed by atoms with van der Waals surface area (Å²) in [4.78, 5) is 0. The third kappa shape index (κ3) is 3.19. The summed E-state index contributed by atoms with van der Waals surface area (Å²) in [5, 5.41) is 13.2. The number of phenolic OH excluding ortho intramolecular Hbond substituents is 1. The molecule has 0 saturated carbocycles. The fourth-order valence-corrected chi connectivity index (χ4v) is 4.46. The van der Waals surface area contributed by atoms with Gasteiger partial charge in [0.15, 0.2) is 21.3 Å². The van der Waals surface area contributed by atoms with Crippen molar-refractivity contribution in [1.29, 1.82) is 0 Å². The normalized spacial score (nSPS) is 25.4. The van der Waals surface area contributed by atoms with Gasteiger partial charge in [-0.05, 0) is 19.4 Å². The third-order valence-corrected chi connectivity index (χ3v) is 5.41. The summed E-state index contributed by atoms with van der Waals surface area (Å²) in [6.45, 7) is 2.31. The molecule has 0 aliphatic carbocycles. The second-order valence-corrected chi connectivity index (χ2v) is 7.41. The molecule has 0 amide bonds. The van der Waals surface area contributed by atoms with E-state index in [0.29, 0.717) is 24.3 Å². The van der Waals surface area contributed by atoms with E-state index in [2.05, 4.69) is 5.32 Å². The highest BCUT2D eigenvalue weighted by Crippen LogP contribution is 2.30. The molecule has 1 fully saturated rings. The highest BCUT2D eigenvalue weighted by molar-refractivity contribution is 7.91. The summed E-state index contributed by atoms with van der Waals surface area (Å²) in [5.74, 6) is 0.885. The van der Waals surface area contributed by atoms with E-state index in [1.165, 1.54) is 7.11 Å². The van der Waals surface area contributed by atoms with Gasteiger partial charge in [-0.2, -0.15) is 0 Å². The summed E-state index contributed by atoms with van der Waals surface area (Å²) >= 11 is 0. The van der Waals surface area contributed by atoms with Gasteiger partial charge in [-0.1, -0.05) is 12.1 Å². The Morgan fingerprint density at radius 2 is 2.21 bits per heavy atom. The minimum atomic E-state index is -2.93. The molecule has 1 aromatic rings. The predicted molar refractivity (Wildman–Crippen MR) is 73.2 cm³/mol. The van der Waals surface area contributed by atoms with Gasteiger partial charge >= 0.3 is 0 Å². The molecule has 19 heavy (non-hydrogen) atoms. The molecule has 1 aromatic carbocycles. The maximum atomic E-state index is 11.5. The number of hydrogen-bond acceptors (Lipinski definition) is 5. The first-order valence-corrected chi connectivity index (χ1v) is 7.98. The molecule has 0 spiro atoms. The minimum Gasteiger partial charge on any atom is -0.504 e. The van der Waals surface area contributed by atoms with Crippen molar-refractivity contribution >= 4 is 9.84 Å². The molecule has 106 valence electrons. The Bertz CT molecular complexity index is 570. The van der Waals surface area contributed by atoms with Crippen LogP contribution >= 0.6 is 0 Å². The molecule has 1 heterocycles. The van der Waals surface area contributed by atoms with E-state index in [0.717, 1.165) is 0 Å². The van der Waals surface area contributed by atoms with Crippen LogP contribution in [0.4, 0.5) is 0 Å². The number of hydrogen-bond donors (Lipinski definition) is 2. The number of benzene rings is 1. The molecule has 5 nitrogen and oxygen atoms in total. The highest BCUT2D eigenvalue weighted by Gasteiger charge is 2.37. The van der Waals surface area contributed by atoms with Crippen LogP contribution in [0.25, 0.3) is 0 Å². The number of ether oxygens (including phenoxy) is 1. The lowest BCUT2D eigenvalue weighted by molar-refractivity contribution is 0.361. The van der Waals surface area contributed by atoms with Crippen molar-refractivity contribution in [3.63, 3.8) is 0 Å². The van der Waals surface area contributed by atoms with Crippen LogP contribution in [0.2, 0.25) is 0 Å². The van der Waals surface area contributed by atoms with Crippen molar-refractivity contribution in [3.8, 4) is 11.5 Å². The number of sulfone groups is 1. The molecule has 0 radical (unpaired) electrons. The maximum absolute atomic E-state index is 11.5. The number of phenols is 1. The second kappa shape index (κ2) is 5.02. The van der Waals surface area contributed by atoms with Crippen LogP contribution in [-0.4, -0.2) is 37.7 Å². The fourth-order valence-electron chi connectivity index (χ4n) is 2.33. The SMILES string of the molecule is COc1cccc(CNC2(C)CCS(=O)(=O)C2)c1O. The van der Waals surface area contributed by atoms with Gasteiger partial charge in [-0.3, -0.25) is 0 Å². The molecule has 1 saturated heterocycles. The van der Waals surface area contributed by atoms with Gasteiger partial charge in [0.2, 0.25) is 0 Å². The number of methoxy groups -OCH3 is 1. The van der Waals surface area contributed by atoms with Gasteiger partial charge in [0, 0.05) is 17.6 Å². The van der Waals surface area contributed by atoms with Crippen LogP contribution in [-0.2, 0) is 16.4 Å². The monoisotopic (exact) mass is 285 g/mol. The zero-order valence-corrected chi connectivity index (χ0v) is 12.0. The summed E-state index contributed by atoms with van der Waals surface area (Å²) in [5.41, 5.74) is 0.277. The first-order valence-electron chi connectivity index (χ1n) is 6.15. The summed E-state index contributed by atoms with van der Waals surface area (Å²) in [6, 6.07) is 5.27. The molecule has 1 aliphatic rings. The lowest BCUT2D eigenvalue weighted by Crippen LogP contribution is -2.42. The topological polar surface area (TPSA) is 75.6 Å².